The summed E-state index contributed by atoms with van der Waals surface area (Å²) in [6.45, 7) is 0. The molecule has 1 aromatic carbocycles. The number of rotatable bonds is 4. The van der Waals surface area contributed by atoms with Gasteiger partial charge in [0.2, 0.25) is 5.13 Å². The Bertz CT molecular complexity index is 583. The molecule has 0 aliphatic carbocycles. The summed E-state index contributed by atoms with van der Waals surface area (Å²) in [7, 11) is 0. The number of hydrogen-bond donors (Lipinski definition) is 1. The SMILES string of the molecule is O=C(Nc1nnc(CCc2ccccc2)s1)C(Cl)(Cl)Cl. The molecule has 0 aliphatic rings. The molecule has 8 heteroatoms. The van der Waals surface area contributed by atoms with Crippen molar-refractivity contribution in [1.82, 2.24) is 10.2 Å². The number of aryl methyl sites for hydroxylation is 2. The van der Waals surface area contributed by atoms with Gasteiger partial charge in [0.05, 0.1) is 0 Å². The molecule has 0 unspecified atom stereocenters. The van der Waals surface area contributed by atoms with Crippen LogP contribution in [0.2, 0.25) is 0 Å². The molecular weight excluding hydrogens is 341 g/mol. The molecule has 0 radical (unpaired) electrons. The molecule has 0 spiro atoms. The van der Waals surface area contributed by atoms with Crippen molar-refractivity contribution < 1.29 is 4.79 Å². The number of aromatic nitrogens is 2. The Hall–Kier alpha value is -0.880. The zero-order chi connectivity index (χ0) is 14.6. The summed E-state index contributed by atoms with van der Waals surface area (Å²) in [6, 6.07) is 10.0. The van der Waals surface area contributed by atoms with Crippen LogP contribution < -0.4 is 5.32 Å². The molecule has 1 heterocycles. The minimum Gasteiger partial charge on any atom is -0.297 e. The summed E-state index contributed by atoms with van der Waals surface area (Å²) in [4.78, 5) is 11.5. The molecule has 0 saturated carbocycles. The second kappa shape index (κ2) is 6.72. The molecule has 20 heavy (non-hydrogen) atoms. The molecule has 0 atom stereocenters. The molecule has 1 N–H and O–H groups in total. The molecule has 106 valence electrons. The van der Waals surface area contributed by atoms with Crippen LogP contribution in [0.4, 0.5) is 5.13 Å². The number of carbonyl (C=O) groups is 1. The zero-order valence-electron chi connectivity index (χ0n) is 10.1. The maximum atomic E-state index is 11.5. The van der Waals surface area contributed by atoms with Gasteiger partial charge in [-0.2, -0.15) is 0 Å². The first-order valence-electron chi connectivity index (χ1n) is 5.69. The van der Waals surface area contributed by atoms with Crippen LogP contribution in [0.25, 0.3) is 0 Å². The van der Waals surface area contributed by atoms with Gasteiger partial charge in [-0.05, 0) is 12.0 Å². The lowest BCUT2D eigenvalue weighted by Crippen LogP contribution is -2.26. The van der Waals surface area contributed by atoms with Gasteiger partial charge in [-0.3, -0.25) is 10.1 Å². The van der Waals surface area contributed by atoms with Crippen molar-refractivity contribution in [2.75, 3.05) is 5.32 Å². The Kier molecular flexibility index (Phi) is 5.21. The summed E-state index contributed by atoms with van der Waals surface area (Å²) in [5, 5.41) is 11.4. The number of nitrogens with one attached hydrogen (secondary N) is 1. The quantitative estimate of drug-likeness (QED) is 0.857. The fourth-order valence-electron chi connectivity index (χ4n) is 1.47. The number of benzene rings is 1. The highest BCUT2D eigenvalue weighted by Crippen LogP contribution is 2.28. The fourth-order valence-corrected chi connectivity index (χ4v) is 2.35. The molecule has 0 aliphatic heterocycles. The average molecular weight is 351 g/mol. The van der Waals surface area contributed by atoms with E-state index in [-0.39, 0.29) is 0 Å². The van der Waals surface area contributed by atoms with Gasteiger partial charge in [-0.25, -0.2) is 0 Å². The highest BCUT2D eigenvalue weighted by molar-refractivity contribution is 7.15. The number of amides is 1. The first-order chi connectivity index (χ1) is 9.45. The minimum atomic E-state index is -2.00. The highest BCUT2D eigenvalue weighted by Gasteiger charge is 2.31. The van der Waals surface area contributed by atoms with Gasteiger partial charge < -0.3 is 0 Å². The maximum Gasteiger partial charge on any atom is 0.278 e. The first kappa shape index (κ1) is 15.5. The fraction of sp³-hybridized carbons (Fsp3) is 0.250. The van der Waals surface area contributed by atoms with Gasteiger partial charge in [0.25, 0.3) is 9.70 Å². The van der Waals surface area contributed by atoms with Crippen LogP contribution in [0.1, 0.15) is 10.6 Å². The standard InChI is InChI=1S/C12H10Cl3N3OS/c13-12(14,15)10(19)16-11-18-17-9(20-11)7-6-8-4-2-1-3-5-8/h1-5H,6-7H2,(H,16,18,19). The largest absolute Gasteiger partial charge is 0.297 e. The Balaban J connectivity index is 1.91. The van der Waals surface area contributed by atoms with Gasteiger partial charge >= 0.3 is 0 Å². The van der Waals surface area contributed by atoms with Crippen LogP contribution in [-0.2, 0) is 17.6 Å². The Morgan fingerprint density at radius 3 is 2.50 bits per heavy atom. The van der Waals surface area contributed by atoms with Gasteiger partial charge in [0, 0.05) is 6.42 Å². The van der Waals surface area contributed by atoms with Crippen molar-refractivity contribution in [2.45, 2.75) is 16.6 Å². The molecule has 2 rings (SSSR count). The third-order valence-corrected chi connectivity index (χ3v) is 3.83. The lowest BCUT2D eigenvalue weighted by atomic mass is 10.1. The molecule has 0 saturated heterocycles. The van der Waals surface area contributed by atoms with Crippen LogP contribution >= 0.6 is 46.1 Å². The zero-order valence-corrected chi connectivity index (χ0v) is 13.2. The first-order valence-corrected chi connectivity index (χ1v) is 7.64. The minimum absolute atomic E-state index is 0.324. The van der Waals surface area contributed by atoms with Crippen LogP contribution in [0.3, 0.4) is 0 Å². The van der Waals surface area contributed by atoms with Gasteiger partial charge in [-0.15, -0.1) is 10.2 Å². The van der Waals surface area contributed by atoms with Crippen molar-refractivity contribution in [3.05, 3.63) is 40.9 Å². The second-order valence-electron chi connectivity index (χ2n) is 3.94. The Morgan fingerprint density at radius 2 is 1.85 bits per heavy atom. The average Bonchev–Trinajstić information content (AvgIpc) is 2.84. The predicted molar refractivity (Wildman–Crippen MR) is 82.7 cm³/mol. The lowest BCUT2D eigenvalue weighted by molar-refractivity contribution is -0.115. The van der Waals surface area contributed by atoms with E-state index in [1.807, 2.05) is 30.3 Å². The van der Waals surface area contributed by atoms with E-state index in [2.05, 4.69) is 15.5 Å². The lowest BCUT2D eigenvalue weighted by Gasteiger charge is -2.08. The van der Waals surface area contributed by atoms with E-state index in [0.717, 1.165) is 17.8 Å². The Morgan fingerprint density at radius 1 is 1.15 bits per heavy atom. The number of nitrogens with zero attached hydrogens (tertiary/aromatic N) is 2. The van der Waals surface area contributed by atoms with Crippen molar-refractivity contribution >= 4 is 57.2 Å². The van der Waals surface area contributed by atoms with Gasteiger partial charge in [0.1, 0.15) is 5.01 Å². The molecule has 2 aromatic rings. The molecule has 0 bridgehead atoms. The Labute approximate surface area is 135 Å². The third-order valence-electron chi connectivity index (χ3n) is 2.42. The molecule has 0 fully saturated rings. The molecule has 4 nitrogen and oxygen atoms in total. The summed E-state index contributed by atoms with van der Waals surface area (Å²) >= 11 is 17.6. The van der Waals surface area contributed by atoms with Crippen LogP contribution in [0.15, 0.2) is 30.3 Å². The summed E-state index contributed by atoms with van der Waals surface area (Å²) in [5.74, 6) is -0.742. The summed E-state index contributed by atoms with van der Waals surface area (Å²) < 4.78 is -2.00. The number of carbonyl (C=O) groups excluding carboxylic acids is 1. The second-order valence-corrected chi connectivity index (χ2v) is 7.28. The van der Waals surface area contributed by atoms with E-state index in [1.54, 1.807) is 0 Å². The molecular formula is C12H10Cl3N3OS. The summed E-state index contributed by atoms with van der Waals surface area (Å²) in [6.07, 6.45) is 1.60. The normalized spacial score (nSPS) is 11.3. The van der Waals surface area contributed by atoms with Crippen LogP contribution in [0.5, 0.6) is 0 Å². The third kappa shape index (κ3) is 4.59. The monoisotopic (exact) mass is 349 g/mol. The van der Waals surface area contributed by atoms with Crippen molar-refractivity contribution in [1.29, 1.82) is 0 Å². The maximum absolute atomic E-state index is 11.5. The van der Waals surface area contributed by atoms with Crippen molar-refractivity contribution in [3.8, 4) is 0 Å². The van der Waals surface area contributed by atoms with E-state index < -0.39 is 9.70 Å². The van der Waals surface area contributed by atoms with Crippen molar-refractivity contribution in [3.63, 3.8) is 0 Å². The molecule has 1 aromatic heterocycles. The van der Waals surface area contributed by atoms with Gasteiger partial charge in [-0.1, -0.05) is 76.5 Å². The van der Waals surface area contributed by atoms with E-state index >= 15 is 0 Å². The molecule has 1 amide bonds. The smallest absolute Gasteiger partial charge is 0.278 e. The highest BCUT2D eigenvalue weighted by atomic mass is 35.6. The topological polar surface area (TPSA) is 54.9 Å². The van der Waals surface area contributed by atoms with E-state index in [9.17, 15) is 4.79 Å². The summed E-state index contributed by atoms with van der Waals surface area (Å²) in [5.41, 5.74) is 1.22. The van der Waals surface area contributed by atoms with E-state index in [4.69, 9.17) is 34.8 Å². The van der Waals surface area contributed by atoms with Crippen molar-refractivity contribution in [2.24, 2.45) is 0 Å². The number of anilines is 1. The van der Waals surface area contributed by atoms with E-state index in [0.29, 0.717) is 5.13 Å². The van der Waals surface area contributed by atoms with Crippen LogP contribution in [0, 0.1) is 0 Å². The van der Waals surface area contributed by atoms with Gasteiger partial charge in [0.15, 0.2) is 0 Å². The number of alkyl halides is 3. The number of hydrogen-bond acceptors (Lipinski definition) is 4. The predicted octanol–water partition coefficient (Wildman–Crippen LogP) is 3.63. The van der Waals surface area contributed by atoms with Crippen LogP contribution in [-0.4, -0.2) is 19.9 Å². The van der Waals surface area contributed by atoms with E-state index in [1.165, 1.54) is 16.9 Å². The number of halogens is 3.